The Kier molecular flexibility index (Phi) is 5.65. The number of pyridine rings is 1. The van der Waals surface area contributed by atoms with Gasteiger partial charge < -0.3 is 4.57 Å². The van der Waals surface area contributed by atoms with Crippen molar-refractivity contribution in [1.29, 1.82) is 0 Å². The van der Waals surface area contributed by atoms with Gasteiger partial charge in [-0.15, -0.1) is 16.7 Å². The maximum atomic E-state index is 7.57. The molecule has 0 amide bonds. The van der Waals surface area contributed by atoms with E-state index in [1.165, 1.54) is 0 Å². The first-order valence-corrected chi connectivity index (χ1v) is 12.4. The van der Waals surface area contributed by atoms with Gasteiger partial charge in [-0.25, -0.2) is 4.98 Å². The number of halogens is 4. The molecule has 0 N–H and O–H groups in total. The van der Waals surface area contributed by atoms with Gasteiger partial charge in [0, 0.05) is 28.0 Å². The van der Waals surface area contributed by atoms with E-state index in [1.54, 1.807) is 17.0 Å². The number of fused-ring (bicyclic) bond motifs is 3. The molecule has 6 nitrogen and oxygen atoms in total. The Hall–Kier alpha value is -3.16. The lowest BCUT2D eigenvalue weighted by molar-refractivity contribution is 0.746. The lowest BCUT2D eigenvalue weighted by Crippen LogP contribution is -2.25. The monoisotopic (exact) mass is 552 g/mol. The fourth-order valence-electron chi connectivity index (χ4n) is 4.61. The van der Waals surface area contributed by atoms with Crippen molar-refractivity contribution >= 4 is 63.0 Å². The normalized spacial score (nSPS) is 13.4. The van der Waals surface area contributed by atoms with Crippen LogP contribution >= 0.6 is 46.4 Å². The molecule has 36 heavy (non-hydrogen) atoms. The molecule has 1 unspecified atom stereocenters. The van der Waals surface area contributed by atoms with Crippen molar-refractivity contribution in [3.63, 3.8) is 0 Å². The van der Waals surface area contributed by atoms with E-state index in [1.807, 2.05) is 78.3 Å². The zero-order chi connectivity index (χ0) is 25.0. The summed E-state index contributed by atoms with van der Waals surface area (Å²) in [6.07, 6.45) is 3.49. The van der Waals surface area contributed by atoms with E-state index in [0.717, 1.165) is 38.9 Å². The zero-order valence-electron chi connectivity index (χ0n) is 18.7. The van der Waals surface area contributed by atoms with Crippen LogP contribution in [0.25, 0.3) is 27.7 Å². The first kappa shape index (κ1) is 23.3. The number of hydrogen-bond acceptors (Lipinski definition) is 4. The molecule has 178 valence electrons. The summed E-state index contributed by atoms with van der Waals surface area (Å²) >= 11 is 27.0. The first-order chi connectivity index (χ1) is 17.4. The second-order valence-corrected chi connectivity index (χ2v) is 10.2. The summed E-state index contributed by atoms with van der Waals surface area (Å²) in [5.41, 5.74) is 5.28. The largest absolute Gasteiger partial charge is 0.336 e. The van der Waals surface area contributed by atoms with Crippen LogP contribution in [0, 0.1) is 0 Å². The standard InChI is InChI=1S/C26H16Cl4N6/c1-35-14-31-13-22(35)26(30,16-5-8-18(27)9-6-16)17-7-10-21-20(12-17)23(15-3-2-4-19(28)11-15)24(29)25-32-33-34-36(21)25/h2-14H,1H3. The van der Waals surface area contributed by atoms with Crippen LogP contribution in [0.2, 0.25) is 15.1 Å². The van der Waals surface area contributed by atoms with Gasteiger partial charge >= 0.3 is 0 Å². The van der Waals surface area contributed by atoms with Crippen LogP contribution in [-0.2, 0) is 11.9 Å². The number of benzene rings is 3. The number of hydrogen-bond donors (Lipinski definition) is 0. The minimum absolute atomic E-state index is 0.416. The van der Waals surface area contributed by atoms with E-state index in [0.29, 0.717) is 20.7 Å². The summed E-state index contributed by atoms with van der Waals surface area (Å²) in [5, 5.41) is 14.6. The van der Waals surface area contributed by atoms with Crippen LogP contribution in [0.5, 0.6) is 0 Å². The molecule has 3 heterocycles. The van der Waals surface area contributed by atoms with E-state index in [2.05, 4.69) is 20.5 Å². The molecule has 0 spiro atoms. The number of tetrazole rings is 1. The van der Waals surface area contributed by atoms with Crippen molar-refractivity contribution in [1.82, 2.24) is 29.6 Å². The first-order valence-electron chi connectivity index (χ1n) is 10.9. The van der Waals surface area contributed by atoms with E-state index < -0.39 is 4.87 Å². The number of imidazole rings is 1. The fraction of sp³-hybridized carbons (Fsp3) is 0.0769. The topological polar surface area (TPSA) is 60.9 Å². The Bertz CT molecular complexity index is 1760. The third-order valence-corrected chi connectivity index (χ3v) is 7.78. The van der Waals surface area contributed by atoms with Gasteiger partial charge in [-0.05, 0) is 63.5 Å². The average Bonchev–Trinajstić information content (AvgIpc) is 3.54. The quantitative estimate of drug-likeness (QED) is 0.217. The molecule has 3 aromatic carbocycles. The highest BCUT2D eigenvalue weighted by atomic mass is 35.5. The summed E-state index contributed by atoms with van der Waals surface area (Å²) in [6.45, 7) is 0. The van der Waals surface area contributed by atoms with Crippen LogP contribution in [0.4, 0.5) is 0 Å². The highest BCUT2D eigenvalue weighted by Crippen LogP contribution is 2.46. The van der Waals surface area contributed by atoms with Gasteiger partial charge in [-0.1, -0.05) is 65.1 Å². The van der Waals surface area contributed by atoms with Crippen LogP contribution in [0.3, 0.4) is 0 Å². The van der Waals surface area contributed by atoms with Crippen LogP contribution in [-0.4, -0.2) is 29.6 Å². The molecule has 0 saturated carbocycles. The molecule has 0 radical (unpaired) electrons. The Morgan fingerprint density at radius 1 is 0.861 bits per heavy atom. The summed E-state index contributed by atoms with van der Waals surface area (Å²) < 4.78 is 3.53. The van der Waals surface area contributed by atoms with Crippen LogP contribution < -0.4 is 0 Å². The molecule has 3 aromatic heterocycles. The molecule has 0 aliphatic rings. The van der Waals surface area contributed by atoms with Crippen molar-refractivity contribution in [2.45, 2.75) is 4.87 Å². The second-order valence-electron chi connectivity index (χ2n) is 8.40. The number of aromatic nitrogens is 6. The SMILES string of the molecule is Cn1cncc1C(Cl)(c1ccc(Cl)cc1)c1ccc2c(c1)c(-c1cccc(Cl)c1)c(Cl)c1nnnn12. The van der Waals surface area contributed by atoms with Gasteiger partial charge in [0.05, 0.1) is 28.8 Å². The fourth-order valence-corrected chi connectivity index (χ4v) is 5.68. The van der Waals surface area contributed by atoms with E-state index in [-0.39, 0.29) is 0 Å². The molecule has 0 bridgehead atoms. The van der Waals surface area contributed by atoms with E-state index >= 15 is 0 Å². The number of aryl methyl sites for hydroxylation is 1. The van der Waals surface area contributed by atoms with Crippen molar-refractivity contribution < 1.29 is 0 Å². The Morgan fingerprint density at radius 3 is 2.36 bits per heavy atom. The summed E-state index contributed by atoms with van der Waals surface area (Å²) in [4.78, 5) is 3.26. The van der Waals surface area contributed by atoms with E-state index in [4.69, 9.17) is 46.4 Å². The molecule has 0 fully saturated rings. The molecular weight excluding hydrogens is 538 g/mol. The Morgan fingerprint density at radius 2 is 1.64 bits per heavy atom. The Balaban J connectivity index is 1.71. The second kappa shape index (κ2) is 8.75. The van der Waals surface area contributed by atoms with Crippen LogP contribution in [0.1, 0.15) is 16.8 Å². The molecule has 0 aliphatic carbocycles. The van der Waals surface area contributed by atoms with Gasteiger partial charge in [-0.2, -0.15) is 4.52 Å². The number of rotatable bonds is 4. The van der Waals surface area contributed by atoms with Gasteiger partial charge in [-0.3, -0.25) is 0 Å². The van der Waals surface area contributed by atoms with Gasteiger partial charge in [0.25, 0.3) is 0 Å². The van der Waals surface area contributed by atoms with Gasteiger partial charge in [0.1, 0.15) is 4.87 Å². The van der Waals surface area contributed by atoms with Crippen molar-refractivity contribution in [3.05, 3.63) is 111 Å². The Labute approximate surface area is 226 Å². The van der Waals surface area contributed by atoms with Crippen molar-refractivity contribution in [3.8, 4) is 11.1 Å². The predicted molar refractivity (Wildman–Crippen MR) is 144 cm³/mol. The number of nitrogens with zero attached hydrogens (tertiary/aromatic N) is 6. The van der Waals surface area contributed by atoms with E-state index in [9.17, 15) is 0 Å². The highest BCUT2D eigenvalue weighted by Gasteiger charge is 2.37. The molecule has 6 rings (SSSR count). The maximum Gasteiger partial charge on any atom is 0.199 e. The van der Waals surface area contributed by atoms with Crippen molar-refractivity contribution in [2.75, 3.05) is 0 Å². The molecule has 1 atom stereocenters. The highest BCUT2D eigenvalue weighted by molar-refractivity contribution is 6.38. The molecule has 10 heteroatoms. The van der Waals surface area contributed by atoms with Gasteiger partial charge in [0.15, 0.2) is 5.65 Å². The minimum Gasteiger partial charge on any atom is -0.336 e. The molecular formula is C26H16Cl4N6. The lowest BCUT2D eigenvalue weighted by Gasteiger charge is -2.29. The molecule has 0 aliphatic heterocycles. The zero-order valence-corrected chi connectivity index (χ0v) is 21.7. The minimum atomic E-state index is -1.07. The molecule has 0 saturated heterocycles. The van der Waals surface area contributed by atoms with Crippen LogP contribution in [0.15, 0.2) is 79.3 Å². The van der Waals surface area contributed by atoms with Crippen molar-refractivity contribution in [2.24, 2.45) is 7.05 Å². The predicted octanol–water partition coefficient (Wildman–Crippen LogP) is 7.17. The summed E-state index contributed by atoms with van der Waals surface area (Å²) in [6, 6.07) is 20.9. The average molecular weight is 554 g/mol. The maximum absolute atomic E-state index is 7.57. The number of alkyl halides is 1. The third kappa shape index (κ3) is 3.56. The summed E-state index contributed by atoms with van der Waals surface area (Å²) in [7, 11) is 1.91. The smallest absolute Gasteiger partial charge is 0.199 e. The lowest BCUT2D eigenvalue weighted by atomic mass is 9.86. The molecule has 6 aromatic rings. The third-order valence-electron chi connectivity index (χ3n) is 6.30. The van der Waals surface area contributed by atoms with Gasteiger partial charge in [0.2, 0.25) is 0 Å². The summed E-state index contributed by atoms with van der Waals surface area (Å²) in [5.74, 6) is 0.